The molecule has 16 heavy (non-hydrogen) atoms. The summed E-state index contributed by atoms with van der Waals surface area (Å²) in [6.45, 7) is 0. The lowest BCUT2D eigenvalue weighted by molar-refractivity contribution is -0.137. The van der Waals surface area contributed by atoms with Gasteiger partial charge in [0.2, 0.25) is 0 Å². The molecule has 1 aromatic rings. The van der Waals surface area contributed by atoms with Crippen molar-refractivity contribution in [1.29, 1.82) is 0 Å². The van der Waals surface area contributed by atoms with Crippen LogP contribution in [0.3, 0.4) is 0 Å². The van der Waals surface area contributed by atoms with Gasteiger partial charge in [-0.05, 0) is 17.7 Å². The zero-order chi connectivity index (χ0) is 12.4. The fourth-order valence-electron chi connectivity index (χ4n) is 1.06. The second-order valence-corrected chi connectivity index (χ2v) is 5.38. The van der Waals surface area contributed by atoms with E-state index in [2.05, 4.69) is 0 Å². The molecule has 0 aliphatic carbocycles. The second-order valence-electron chi connectivity index (χ2n) is 2.86. The molecule has 0 aliphatic heterocycles. The lowest BCUT2D eigenvalue weighted by atomic mass is 10.1. The van der Waals surface area contributed by atoms with E-state index in [1.54, 1.807) is 0 Å². The van der Waals surface area contributed by atoms with Crippen LogP contribution in [0.25, 0.3) is 6.08 Å². The van der Waals surface area contributed by atoms with Crippen LogP contribution in [0.2, 0.25) is 0 Å². The van der Waals surface area contributed by atoms with Gasteiger partial charge in [0.15, 0.2) is 0 Å². The smallest absolute Gasteiger partial charge is 0.208 e. The molecule has 7 heteroatoms. The maximum Gasteiger partial charge on any atom is 0.416 e. The number of rotatable bonds is 2. The van der Waals surface area contributed by atoms with Gasteiger partial charge in [-0.1, -0.05) is 18.2 Å². The molecule has 1 aromatic carbocycles. The van der Waals surface area contributed by atoms with E-state index in [9.17, 15) is 21.6 Å². The van der Waals surface area contributed by atoms with E-state index in [1.165, 1.54) is 12.1 Å². The van der Waals surface area contributed by atoms with Crippen LogP contribution in [0.4, 0.5) is 13.2 Å². The first-order valence-electron chi connectivity index (χ1n) is 3.99. The molecule has 0 heterocycles. The zero-order valence-electron chi connectivity index (χ0n) is 7.70. The Morgan fingerprint density at radius 3 is 2.25 bits per heavy atom. The summed E-state index contributed by atoms with van der Waals surface area (Å²) in [5, 5.41) is 0.513. The molecule has 0 saturated heterocycles. The third-order valence-electron chi connectivity index (χ3n) is 1.68. The fraction of sp³-hybridized carbons (Fsp3) is 0.111. The van der Waals surface area contributed by atoms with Gasteiger partial charge in [0.05, 0.1) is 5.56 Å². The average Bonchev–Trinajstić information content (AvgIpc) is 2.12. The third-order valence-corrected chi connectivity index (χ3v) is 2.45. The molecule has 0 fully saturated rings. The van der Waals surface area contributed by atoms with E-state index in [4.69, 9.17) is 10.7 Å². The Kier molecular flexibility index (Phi) is 3.64. The van der Waals surface area contributed by atoms with Gasteiger partial charge in [0.25, 0.3) is 9.05 Å². The van der Waals surface area contributed by atoms with Crippen molar-refractivity contribution in [2.75, 3.05) is 0 Å². The van der Waals surface area contributed by atoms with Crippen molar-refractivity contribution in [1.82, 2.24) is 0 Å². The van der Waals surface area contributed by atoms with Gasteiger partial charge in [-0.2, -0.15) is 13.2 Å². The molecule has 0 N–H and O–H groups in total. The molecule has 0 unspecified atom stereocenters. The molecule has 0 radical (unpaired) electrons. The first kappa shape index (κ1) is 13.1. The summed E-state index contributed by atoms with van der Waals surface area (Å²) in [4.78, 5) is 0. The highest BCUT2D eigenvalue weighted by atomic mass is 35.7. The molecular weight excluding hydrogens is 265 g/mol. The predicted octanol–water partition coefficient (Wildman–Crippen LogP) is 3.24. The molecule has 88 valence electrons. The normalized spacial score (nSPS) is 13.2. The molecule has 0 aliphatic rings. The first-order chi connectivity index (χ1) is 7.20. The summed E-state index contributed by atoms with van der Waals surface area (Å²) in [6.07, 6.45) is -3.72. The minimum atomic E-state index is -4.53. The van der Waals surface area contributed by atoms with Gasteiger partial charge in [0.1, 0.15) is 0 Å². The van der Waals surface area contributed by atoms with Crippen LogP contribution >= 0.6 is 10.7 Å². The van der Waals surface area contributed by atoms with Crippen molar-refractivity contribution >= 4 is 25.8 Å². The Morgan fingerprint density at radius 2 is 1.75 bits per heavy atom. The van der Waals surface area contributed by atoms with Crippen molar-refractivity contribution in [2.24, 2.45) is 0 Å². The minimum Gasteiger partial charge on any atom is -0.208 e. The van der Waals surface area contributed by atoms with Gasteiger partial charge in [-0.3, -0.25) is 0 Å². The zero-order valence-corrected chi connectivity index (χ0v) is 9.27. The Bertz CT molecular complexity index is 506. The predicted molar refractivity (Wildman–Crippen MR) is 55.3 cm³/mol. The van der Waals surface area contributed by atoms with Crippen LogP contribution in [0.15, 0.2) is 29.7 Å². The van der Waals surface area contributed by atoms with E-state index in [0.717, 1.165) is 18.2 Å². The summed E-state index contributed by atoms with van der Waals surface area (Å²) >= 11 is 0. The topological polar surface area (TPSA) is 34.1 Å². The maximum atomic E-state index is 12.5. The van der Waals surface area contributed by atoms with E-state index in [1.807, 2.05) is 0 Å². The quantitative estimate of drug-likeness (QED) is 0.773. The van der Waals surface area contributed by atoms with Gasteiger partial charge in [-0.25, -0.2) is 8.42 Å². The van der Waals surface area contributed by atoms with Crippen molar-refractivity contribution in [3.63, 3.8) is 0 Å². The molecule has 1 rings (SSSR count). The van der Waals surface area contributed by atoms with Gasteiger partial charge < -0.3 is 0 Å². The number of hydrogen-bond donors (Lipinski definition) is 0. The number of halogens is 4. The Labute approximate surface area is 94.8 Å². The second kappa shape index (κ2) is 4.47. The van der Waals surface area contributed by atoms with Crippen molar-refractivity contribution in [3.8, 4) is 0 Å². The van der Waals surface area contributed by atoms with Crippen LogP contribution in [0, 0.1) is 0 Å². The van der Waals surface area contributed by atoms with Crippen LogP contribution in [-0.2, 0) is 15.2 Å². The largest absolute Gasteiger partial charge is 0.416 e. The minimum absolute atomic E-state index is 0.251. The lowest BCUT2D eigenvalue weighted by Gasteiger charge is -2.09. The molecular formula is C9H6ClF3O2S. The molecule has 0 spiro atoms. The van der Waals surface area contributed by atoms with Crippen LogP contribution < -0.4 is 0 Å². The SMILES string of the molecule is O=S(=O)(Cl)/C=C/c1ccccc1C(F)(F)F. The standard InChI is InChI=1S/C9H6ClF3O2S/c10-16(14,15)6-5-7-3-1-2-4-8(7)9(11,12)13/h1-6H/b6-5+. The van der Waals surface area contributed by atoms with E-state index >= 15 is 0 Å². The van der Waals surface area contributed by atoms with Gasteiger partial charge in [-0.15, -0.1) is 0 Å². The van der Waals surface area contributed by atoms with Crippen LogP contribution in [0.5, 0.6) is 0 Å². The summed E-state index contributed by atoms with van der Waals surface area (Å²) in [5.74, 6) is 0. The first-order valence-corrected chi connectivity index (χ1v) is 6.36. The molecule has 2 nitrogen and oxygen atoms in total. The Morgan fingerprint density at radius 1 is 1.19 bits per heavy atom. The summed E-state index contributed by atoms with van der Waals surface area (Å²) < 4.78 is 58.5. The van der Waals surface area contributed by atoms with Gasteiger partial charge >= 0.3 is 6.18 Å². The maximum absolute atomic E-state index is 12.5. The van der Waals surface area contributed by atoms with E-state index in [0.29, 0.717) is 5.41 Å². The lowest BCUT2D eigenvalue weighted by Crippen LogP contribution is -2.06. The number of alkyl halides is 3. The molecule has 0 aromatic heterocycles. The highest BCUT2D eigenvalue weighted by Crippen LogP contribution is 2.32. The monoisotopic (exact) mass is 270 g/mol. The highest BCUT2D eigenvalue weighted by molar-refractivity contribution is 8.16. The van der Waals surface area contributed by atoms with Crippen molar-refractivity contribution in [3.05, 3.63) is 40.8 Å². The fourth-order valence-corrected chi connectivity index (χ4v) is 1.52. The summed E-state index contributed by atoms with van der Waals surface area (Å²) in [6, 6.07) is 4.60. The molecule has 0 atom stereocenters. The molecule has 0 saturated carbocycles. The average molecular weight is 271 g/mol. The van der Waals surface area contributed by atoms with Crippen LogP contribution in [-0.4, -0.2) is 8.42 Å². The van der Waals surface area contributed by atoms with E-state index < -0.39 is 20.8 Å². The Balaban J connectivity index is 3.21. The highest BCUT2D eigenvalue weighted by Gasteiger charge is 2.32. The van der Waals surface area contributed by atoms with Crippen molar-refractivity contribution < 1.29 is 21.6 Å². The third kappa shape index (κ3) is 3.86. The van der Waals surface area contributed by atoms with Crippen molar-refractivity contribution in [2.45, 2.75) is 6.18 Å². The summed E-state index contributed by atoms with van der Waals surface area (Å²) in [5.41, 5.74) is -1.16. The molecule has 0 amide bonds. The number of benzene rings is 1. The molecule has 0 bridgehead atoms. The van der Waals surface area contributed by atoms with Crippen LogP contribution in [0.1, 0.15) is 11.1 Å². The summed E-state index contributed by atoms with van der Waals surface area (Å²) in [7, 11) is 0.894. The van der Waals surface area contributed by atoms with E-state index in [-0.39, 0.29) is 5.56 Å². The number of hydrogen-bond acceptors (Lipinski definition) is 2. The van der Waals surface area contributed by atoms with Gasteiger partial charge in [0, 0.05) is 16.1 Å². The Hall–Kier alpha value is -1.01.